The quantitative estimate of drug-likeness (QED) is 0.814. The Bertz CT molecular complexity index is 586. The molecule has 6 nitrogen and oxygen atoms in total. The van der Waals surface area contributed by atoms with Crippen molar-refractivity contribution in [3.05, 3.63) is 35.4 Å². The van der Waals surface area contributed by atoms with Crippen LogP contribution in [-0.4, -0.2) is 35.3 Å². The molecule has 1 aromatic rings. The topological polar surface area (TPSA) is 67.9 Å². The molecule has 0 radical (unpaired) electrons. The summed E-state index contributed by atoms with van der Waals surface area (Å²) >= 11 is 3.65. The number of carbonyl (C=O) groups excluding carboxylic acids is 2. The normalized spacial score (nSPS) is 17.2. The highest BCUT2D eigenvalue weighted by Gasteiger charge is 2.33. The van der Waals surface area contributed by atoms with Crippen molar-refractivity contribution >= 4 is 25.0 Å². The monoisotopic (exact) mass is 338 g/mol. The molecule has 0 bridgehead atoms. The van der Waals surface area contributed by atoms with Gasteiger partial charge >= 0.3 is 12.2 Å². The van der Waals surface area contributed by atoms with Crippen LogP contribution < -0.4 is 4.72 Å². The second-order valence-electron chi connectivity index (χ2n) is 6.45. The third-order valence-electron chi connectivity index (χ3n) is 3.48. The number of nitrogens with one attached hydrogen (secondary N) is 1. The van der Waals surface area contributed by atoms with E-state index >= 15 is 0 Å². The van der Waals surface area contributed by atoms with Crippen molar-refractivity contribution in [3.63, 3.8) is 0 Å². The van der Waals surface area contributed by atoms with Crippen LogP contribution in [0.2, 0.25) is 0 Å². The second kappa shape index (κ2) is 7.12. The molecular weight excluding hydrogens is 316 g/mol. The van der Waals surface area contributed by atoms with Crippen LogP contribution >= 0.6 is 12.8 Å². The van der Waals surface area contributed by atoms with Gasteiger partial charge in [-0.05, 0) is 38.3 Å². The van der Waals surface area contributed by atoms with Gasteiger partial charge in [-0.1, -0.05) is 37.1 Å². The summed E-state index contributed by atoms with van der Waals surface area (Å²) in [5, 5.41) is 0. The van der Waals surface area contributed by atoms with Gasteiger partial charge in [-0.2, -0.15) is 0 Å². The van der Waals surface area contributed by atoms with Gasteiger partial charge in [0.1, 0.15) is 12.2 Å². The first-order chi connectivity index (χ1) is 10.8. The van der Waals surface area contributed by atoms with E-state index in [-0.39, 0.29) is 12.6 Å². The predicted molar refractivity (Wildman–Crippen MR) is 89.2 cm³/mol. The van der Waals surface area contributed by atoms with Crippen LogP contribution in [0.5, 0.6) is 0 Å². The van der Waals surface area contributed by atoms with Crippen LogP contribution in [-0.2, 0) is 22.4 Å². The Morgan fingerprint density at radius 1 is 1.30 bits per heavy atom. The third-order valence-corrected chi connectivity index (χ3v) is 3.66. The highest BCUT2D eigenvalue weighted by atomic mass is 32.1. The molecule has 0 aromatic heterocycles. The lowest BCUT2D eigenvalue weighted by atomic mass is 9.95. The van der Waals surface area contributed by atoms with Gasteiger partial charge in [0.05, 0.1) is 6.04 Å². The van der Waals surface area contributed by atoms with E-state index in [2.05, 4.69) is 17.5 Å². The zero-order valence-electron chi connectivity index (χ0n) is 13.5. The molecule has 1 aliphatic rings. The highest BCUT2D eigenvalue weighted by Crippen LogP contribution is 2.25. The SMILES string of the molecule is CC(C)(C)OC(=O)N1Cc2ccccc2CC1COC(=O)NS. The van der Waals surface area contributed by atoms with E-state index in [0.29, 0.717) is 13.0 Å². The van der Waals surface area contributed by atoms with E-state index in [1.165, 1.54) is 0 Å². The largest absolute Gasteiger partial charge is 0.447 e. The van der Waals surface area contributed by atoms with Crippen LogP contribution in [0.1, 0.15) is 31.9 Å². The van der Waals surface area contributed by atoms with Gasteiger partial charge in [0.25, 0.3) is 0 Å². The number of carbonyl (C=O) groups is 2. The highest BCUT2D eigenvalue weighted by molar-refractivity contribution is 7.78. The molecule has 0 spiro atoms. The van der Waals surface area contributed by atoms with E-state index in [0.717, 1.165) is 11.1 Å². The van der Waals surface area contributed by atoms with E-state index in [4.69, 9.17) is 9.47 Å². The Morgan fingerprint density at radius 2 is 1.96 bits per heavy atom. The smallest absolute Gasteiger partial charge is 0.417 e. The maximum absolute atomic E-state index is 12.5. The zero-order valence-corrected chi connectivity index (χ0v) is 14.4. The van der Waals surface area contributed by atoms with Crippen LogP contribution in [0.25, 0.3) is 0 Å². The summed E-state index contributed by atoms with van der Waals surface area (Å²) < 4.78 is 12.7. The van der Waals surface area contributed by atoms with Crippen LogP contribution in [0, 0.1) is 0 Å². The van der Waals surface area contributed by atoms with E-state index < -0.39 is 17.8 Å². The fourth-order valence-corrected chi connectivity index (χ4v) is 2.54. The Hall–Kier alpha value is -1.89. The molecule has 0 aliphatic carbocycles. The van der Waals surface area contributed by atoms with Gasteiger partial charge in [0.15, 0.2) is 0 Å². The van der Waals surface area contributed by atoms with Crippen LogP contribution in [0.15, 0.2) is 24.3 Å². The van der Waals surface area contributed by atoms with Crippen molar-refractivity contribution in [2.24, 2.45) is 0 Å². The van der Waals surface area contributed by atoms with Gasteiger partial charge in [0.2, 0.25) is 0 Å². The number of ether oxygens (including phenoxy) is 2. The predicted octanol–water partition coefficient (Wildman–Crippen LogP) is 2.92. The molecule has 1 heterocycles. The van der Waals surface area contributed by atoms with E-state index in [1.807, 2.05) is 45.0 Å². The number of nitrogens with zero attached hydrogens (tertiary/aromatic N) is 1. The van der Waals surface area contributed by atoms with Gasteiger partial charge in [-0.15, -0.1) is 0 Å². The van der Waals surface area contributed by atoms with Crippen LogP contribution in [0.3, 0.4) is 0 Å². The first-order valence-corrected chi connectivity index (χ1v) is 7.88. The molecule has 1 aliphatic heterocycles. The maximum Gasteiger partial charge on any atom is 0.417 e. The summed E-state index contributed by atoms with van der Waals surface area (Å²) in [5.41, 5.74) is 1.64. The Balaban J connectivity index is 2.17. The molecule has 1 N–H and O–H groups in total. The van der Waals surface area contributed by atoms with Gasteiger partial charge in [0, 0.05) is 6.54 Å². The summed E-state index contributed by atoms with van der Waals surface area (Å²) in [4.78, 5) is 25.4. The standard InChI is InChI=1S/C16H22N2O4S/c1-16(2,3)22-15(20)18-9-12-7-5-4-6-11(12)8-13(18)10-21-14(19)17-23/h4-7,13,23H,8-10H2,1-3H3,(H,17,19). The molecule has 23 heavy (non-hydrogen) atoms. The zero-order chi connectivity index (χ0) is 17.0. The summed E-state index contributed by atoms with van der Waals surface area (Å²) in [6, 6.07) is 7.64. The molecule has 1 atom stereocenters. The van der Waals surface area contributed by atoms with Crippen molar-refractivity contribution in [1.82, 2.24) is 9.62 Å². The average molecular weight is 338 g/mol. The van der Waals surface area contributed by atoms with Crippen molar-refractivity contribution in [2.75, 3.05) is 6.61 Å². The number of benzene rings is 1. The average Bonchev–Trinajstić information content (AvgIpc) is 2.49. The summed E-state index contributed by atoms with van der Waals surface area (Å²) in [6.07, 6.45) is -0.446. The van der Waals surface area contributed by atoms with Gasteiger partial charge in [-0.25, -0.2) is 9.59 Å². The third kappa shape index (κ3) is 4.79. The van der Waals surface area contributed by atoms with Gasteiger partial charge < -0.3 is 9.47 Å². The molecule has 0 fully saturated rings. The van der Waals surface area contributed by atoms with E-state index in [1.54, 1.807) is 4.90 Å². The summed E-state index contributed by atoms with van der Waals surface area (Å²) in [6.45, 7) is 5.98. The Kier molecular flexibility index (Phi) is 5.41. The first-order valence-electron chi connectivity index (χ1n) is 7.43. The number of fused-ring (bicyclic) bond motifs is 1. The number of hydrogen-bond acceptors (Lipinski definition) is 5. The van der Waals surface area contributed by atoms with Crippen molar-refractivity contribution in [3.8, 4) is 0 Å². The Labute approximate surface area is 141 Å². The number of thiol groups is 1. The van der Waals surface area contributed by atoms with Crippen LogP contribution in [0.4, 0.5) is 9.59 Å². The maximum atomic E-state index is 12.5. The summed E-state index contributed by atoms with van der Waals surface area (Å²) in [7, 11) is 0. The molecular formula is C16H22N2O4S. The summed E-state index contributed by atoms with van der Waals surface area (Å²) in [5.74, 6) is 0. The number of hydrogen-bond donors (Lipinski definition) is 2. The minimum absolute atomic E-state index is 0.0833. The lowest BCUT2D eigenvalue weighted by molar-refractivity contribution is 0.00293. The fourth-order valence-electron chi connectivity index (χ4n) is 2.47. The first kappa shape index (κ1) is 17.5. The molecule has 0 saturated carbocycles. The molecule has 2 rings (SSSR count). The van der Waals surface area contributed by atoms with E-state index in [9.17, 15) is 9.59 Å². The van der Waals surface area contributed by atoms with Crippen molar-refractivity contribution in [2.45, 2.75) is 45.4 Å². The molecule has 126 valence electrons. The van der Waals surface area contributed by atoms with Gasteiger partial charge in [-0.3, -0.25) is 9.62 Å². The molecule has 0 saturated heterocycles. The number of amides is 2. The Morgan fingerprint density at radius 3 is 2.57 bits per heavy atom. The fraction of sp³-hybridized carbons (Fsp3) is 0.500. The lowest BCUT2D eigenvalue weighted by Crippen LogP contribution is -2.49. The lowest BCUT2D eigenvalue weighted by Gasteiger charge is -2.37. The van der Waals surface area contributed by atoms with Crippen molar-refractivity contribution < 1.29 is 19.1 Å². The molecule has 7 heteroatoms. The molecule has 1 unspecified atom stereocenters. The molecule has 1 aromatic carbocycles. The number of rotatable bonds is 2. The minimum Gasteiger partial charge on any atom is -0.447 e. The molecule has 2 amide bonds. The second-order valence-corrected chi connectivity index (χ2v) is 6.67. The van der Waals surface area contributed by atoms with Crippen molar-refractivity contribution in [1.29, 1.82) is 0 Å². The minimum atomic E-state index is -0.642.